The van der Waals surface area contributed by atoms with Crippen LogP contribution in [0.4, 0.5) is 0 Å². The van der Waals surface area contributed by atoms with Crippen LogP contribution in [-0.4, -0.2) is 58.9 Å². The molecule has 2 atom stereocenters. The molecule has 1 heterocycles. The van der Waals surface area contributed by atoms with Crippen LogP contribution in [0.15, 0.2) is 24.3 Å². The molecule has 3 N–H and O–H groups in total. The second-order valence-electron chi connectivity index (χ2n) is 5.78. The number of para-hydroxylation sites is 1. The molecule has 1 saturated heterocycles. The molecule has 1 aliphatic rings. The van der Waals surface area contributed by atoms with Crippen molar-refractivity contribution in [2.45, 2.75) is 19.9 Å². The minimum absolute atomic E-state index is 0.0171. The Labute approximate surface area is 130 Å². The van der Waals surface area contributed by atoms with Crippen LogP contribution in [-0.2, 0) is 4.79 Å². The van der Waals surface area contributed by atoms with Crippen LogP contribution in [0.2, 0.25) is 0 Å². The number of nitrogens with zero attached hydrogens (tertiary/aromatic N) is 2. The summed E-state index contributed by atoms with van der Waals surface area (Å²) in [6.45, 7) is 5.56. The van der Waals surface area contributed by atoms with Gasteiger partial charge in [-0.2, -0.15) is 0 Å². The van der Waals surface area contributed by atoms with Gasteiger partial charge in [-0.25, -0.2) is 0 Å². The highest BCUT2D eigenvalue weighted by atomic mass is 16.3. The molecule has 0 saturated carbocycles. The van der Waals surface area contributed by atoms with Crippen molar-refractivity contribution in [3.05, 3.63) is 29.8 Å². The lowest BCUT2D eigenvalue weighted by Gasteiger charge is -2.36. The van der Waals surface area contributed by atoms with Gasteiger partial charge in [-0.3, -0.25) is 9.59 Å². The van der Waals surface area contributed by atoms with Crippen LogP contribution in [0.5, 0.6) is 5.75 Å². The normalized spacial score (nSPS) is 18.0. The van der Waals surface area contributed by atoms with Crippen LogP contribution >= 0.6 is 0 Å². The monoisotopic (exact) mass is 305 g/mol. The summed E-state index contributed by atoms with van der Waals surface area (Å²) in [5.74, 6) is -0.410. The molecular formula is C16H23N3O3. The van der Waals surface area contributed by atoms with Gasteiger partial charge >= 0.3 is 0 Å². The summed E-state index contributed by atoms with van der Waals surface area (Å²) in [5, 5.41) is 9.76. The number of nitrogens with two attached hydrogens (primary N) is 1. The summed E-state index contributed by atoms with van der Waals surface area (Å²) in [6, 6.07) is 6.31. The number of carbonyl (C=O) groups is 2. The van der Waals surface area contributed by atoms with Gasteiger partial charge in [0.05, 0.1) is 11.5 Å². The summed E-state index contributed by atoms with van der Waals surface area (Å²) in [6.07, 6.45) is 0. The zero-order valence-corrected chi connectivity index (χ0v) is 13.0. The molecule has 2 amide bonds. The van der Waals surface area contributed by atoms with Gasteiger partial charge < -0.3 is 20.6 Å². The second kappa shape index (κ2) is 6.79. The summed E-state index contributed by atoms with van der Waals surface area (Å²) in [7, 11) is 0. The molecule has 6 heteroatoms. The quantitative estimate of drug-likeness (QED) is 0.859. The SMILES string of the molecule is CC(N)C(C)C(=O)N1CCN(C(=O)c2ccccc2O)CC1. The molecule has 1 fully saturated rings. The van der Waals surface area contributed by atoms with E-state index in [-0.39, 0.29) is 29.5 Å². The first-order chi connectivity index (χ1) is 10.4. The number of piperazine rings is 1. The van der Waals surface area contributed by atoms with Crippen LogP contribution in [0, 0.1) is 5.92 Å². The van der Waals surface area contributed by atoms with E-state index in [1.54, 1.807) is 28.0 Å². The van der Waals surface area contributed by atoms with Crippen molar-refractivity contribution in [3.63, 3.8) is 0 Å². The largest absolute Gasteiger partial charge is 0.507 e. The van der Waals surface area contributed by atoms with E-state index in [0.29, 0.717) is 31.7 Å². The maximum atomic E-state index is 12.4. The highest BCUT2D eigenvalue weighted by Gasteiger charge is 2.29. The summed E-state index contributed by atoms with van der Waals surface area (Å²) in [4.78, 5) is 28.0. The lowest BCUT2D eigenvalue weighted by molar-refractivity contribution is -0.137. The number of phenols is 1. The molecule has 0 aliphatic carbocycles. The van der Waals surface area contributed by atoms with E-state index in [0.717, 1.165) is 0 Å². The average Bonchev–Trinajstić information content (AvgIpc) is 2.53. The lowest BCUT2D eigenvalue weighted by atomic mass is 10.0. The zero-order valence-electron chi connectivity index (χ0n) is 13.0. The van der Waals surface area contributed by atoms with Crippen molar-refractivity contribution in [3.8, 4) is 5.75 Å². The molecule has 0 aromatic heterocycles. The molecule has 22 heavy (non-hydrogen) atoms. The van der Waals surface area contributed by atoms with Gasteiger partial charge in [0.2, 0.25) is 5.91 Å². The number of aromatic hydroxyl groups is 1. The van der Waals surface area contributed by atoms with Gasteiger partial charge in [0.25, 0.3) is 5.91 Å². The van der Waals surface area contributed by atoms with Gasteiger partial charge in [0.1, 0.15) is 5.75 Å². The molecule has 1 aromatic rings. The first kappa shape index (κ1) is 16.3. The fourth-order valence-electron chi connectivity index (χ4n) is 2.47. The third kappa shape index (κ3) is 3.39. The number of hydrogen-bond donors (Lipinski definition) is 2. The van der Waals surface area contributed by atoms with Crippen LogP contribution in [0.1, 0.15) is 24.2 Å². The average molecular weight is 305 g/mol. The van der Waals surface area contributed by atoms with Gasteiger partial charge in [-0.15, -0.1) is 0 Å². The van der Waals surface area contributed by atoms with Crippen molar-refractivity contribution in [2.75, 3.05) is 26.2 Å². The Balaban J connectivity index is 1.96. The molecule has 1 aromatic carbocycles. The topological polar surface area (TPSA) is 86.9 Å². The molecule has 0 bridgehead atoms. The zero-order chi connectivity index (χ0) is 16.3. The molecule has 2 unspecified atom stereocenters. The predicted molar refractivity (Wildman–Crippen MR) is 83.4 cm³/mol. The Morgan fingerprint density at radius 2 is 1.64 bits per heavy atom. The fraction of sp³-hybridized carbons (Fsp3) is 0.500. The number of phenolic OH excluding ortho intramolecular Hbond substituents is 1. The first-order valence-electron chi connectivity index (χ1n) is 7.53. The van der Waals surface area contributed by atoms with Crippen molar-refractivity contribution in [1.82, 2.24) is 9.80 Å². The smallest absolute Gasteiger partial charge is 0.257 e. The standard InChI is InChI=1S/C16H23N3O3/c1-11(12(2)17)15(21)18-7-9-19(10-8-18)16(22)13-5-3-4-6-14(13)20/h3-6,11-12,20H,7-10,17H2,1-2H3. The van der Waals surface area contributed by atoms with Gasteiger partial charge in [0, 0.05) is 32.2 Å². The Morgan fingerprint density at radius 3 is 2.18 bits per heavy atom. The molecule has 2 rings (SSSR count). The van der Waals surface area contributed by atoms with Gasteiger partial charge in [-0.1, -0.05) is 19.1 Å². The van der Waals surface area contributed by atoms with Crippen LogP contribution < -0.4 is 5.73 Å². The maximum absolute atomic E-state index is 12.4. The molecule has 0 radical (unpaired) electrons. The number of benzene rings is 1. The molecular weight excluding hydrogens is 282 g/mol. The van der Waals surface area contributed by atoms with E-state index in [1.807, 2.05) is 13.8 Å². The van der Waals surface area contributed by atoms with E-state index >= 15 is 0 Å². The maximum Gasteiger partial charge on any atom is 0.257 e. The number of hydrogen-bond acceptors (Lipinski definition) is 4. The predicted octanol–water partition coefficient (Wildman–Crippen LogP) is 0.660. The highest BCUT2D eigenvalue weighted by Crippen LogP contribution is 2.19. The van der Waals surface area contributed by atoms with Crippen LogP contribution in [0.25, 0.3) is 0 Å². The molecule has 0 spiro atoms. The van der Waals surface area contributed by atoms with Crippen LogP contribution in [0.3, 0.4) is 0 Å². The third-order valence-electron chi connectivity index (χ3n) is 4.19. The van der Waals surface area contributed by atoms with Crippen molar-refractivity contribution in [2.24, 2.45) is 11.7 Å². The summed E-state index contributed by atoms with van der Waals surface area (Å²) < 4.78 is 0. The Morgan fingerprint density at radius 1 is 1.09 bits per heavy atom. The van der Waals surface area contributed by atoms with Crippen molar-refractivity contribution in [1.29, 1.82) is 0 Å². The van der Waals surface area contributed by atoms with Gasteiger partial charge in [-0.05, 0) is 19.1 Å². The summed E-state index contributed by atoms with van der Waals surface area (Å²) >= 11 is 0. The summed E-state index contributed by atoms with van der Waals surface area (Å²) in [5.41, 5.74) is 6.07. The van der Waals surface area contributed by atoms with Crippen molar-refractivity contribution >= 4 is 11.8 Å². The lowest BCUT2D eigenvalue weighted by Crippen LogP contribution is -2.53. The second-order valence-corrected chi connectivity index (χ2v) is 5.78. The molecule has 1 aliphatic heterocycles. The Hall–Kier alpha value is -2.08. The molecule has 6 nitrogen and oxygen atoms in total. The minimum Gasteiger partial charge on any atom is -0.507 e. The van der Waals surface area contributed by atoms with Gasteiger partial charge in [0.15, 0.2) is 0 Å². The van der Waals surface area contributed by atoms with E-state index in [2.05, 4.69) is 0 Å². The number of rotatable bonds is 3. The van der Waals surface area contributed by atoms with E-state index in [1.165, 1.54) is 6.07 Å². The van der Waals surface area contributed by atoms with E-state index in [9.17, 15) is 14.7 Å². The highest BCUT2D eigenvalue weighted by molar-refractivity contribution is 5.97. The number of amides is 2. The van der Waals surface area contributed by atoms with E-state index < -0.39 is 0 Å². The molecule has 120 valence electrons. The van der Waals surface area contributed by atoms with E-state index in [4.69, 9.17) is 5.73 Å². The fourth-order valence-corrected chi connectivity index (χ4v) is 2.47. The Kier molecular flexibility index (Phi) is 5.03. The third-order valence-corrected chi connectivity index (χ3v) is 4.19. The Bertz CT molecular complexity index is 551. The minimum atomic E-state index is -0.222. The van der Waals surface area contributed by atoms with Crippen molar-refractivity contribution < 1.29 is 14.7 Å². The number of carbonyl (C=O) groups excluding carboxylic acids is 2. The first-order valence-corrected chi connectivity index (χ1v) is 7.53.